The van der Waals surface area contributed by atoms with Crippen molar-refractivity contribution in [1.82, 2.24) is 10.7 Å². The van der Waals surface area contributed by atoms with Crippen molar-refractivity contribution >= 4 is 34.0 Å². The number of carbonyl (C=O) groups is 2. The summed E-state index contributed by atoms with van der Waals surface area (Å²) in [6.45, 7) is 3.71. The summed E-state index contributed by atoms with van der Waals surface area (Å²) in [5, 5.41) is 15.5. The average Bonchev–Trinajstić information content (AvgIpc) is 2.42. The van der Waals surface area contributed by atoms with Crippen LogP contribution in [-0.2, 0) is 9.59 Å². The highest BCUT2D eigenvalue weighted by Crippen LogP contribution is 2.23. The zero-order chi connectivity index (χ0) is 15.1. The molecule has 0 spiro atoms. The fourth-order valence-corrected chi connectivity index (χ4v) is 1.61. The maximum absolute atomic E-state index is 11.4. The summed E-state index contributed by atoms with van der Waals surface area (Å²) < 4.78 is 0.516. The first-order chi connectivity index (χ1) is 9.43. The van der Waals surface area contributed by atoms with Gasteiger partial charge in [-0.2, -0.15) is 5.10 Å². The van der Waals surface area contributed by atoms with Crippen LogP contribution in [0.3, 0.4) is 0 Å². The second-order valence-corrected chi connectivity index (χ2v) is 5.05. The van der Waals surface area contributed by atoms with Gasteiger partial charge in [0, 0.05) is 6.04 Å². The fourth-order valence-electron chi connectivity index (χ4n) is 1.21. The van der Waals surface area contributed by atoms with Gasteiger partial charge in [0.2, 0.25) is 0 Å². The molecule has 0 unspecified atom stereocenters. The number of rotatable bonds is 4. The smallest absolute Gasteiger partial charge is 0.329 e. The lowest BCUT2D eigenvalue weighted by Crippen LogP contribution is -2.41. The molecule has 0 aliphatic rings. The van der Waals surface area contributed by atoms with E-state index < -0.39 is 11.8 Å². The molecule has 0 saturated heterocycles. The molecule has 0 heterocycles. The molecule has 2 amide bonds. The first-order valence-electron chi connectivity index (χ1n) is 6.06. The third kappa shape index (κ3) is 5.00. The number of phenols is 1. The Kier molecular flexibility index (Phi) is 6.17. The molecule has 108 valence electrons. The van der Waals surface area contributed by atoms with Gasteiger partial charge in [-0.05, 0) is 53.0 Å². The maximum Gasteiger partial charge on any atom is 0.329 e. The highest BCUT2D eigenvalue weighted by Gasteiger charge is 2.14. The maximum atomic E-state index is 11.4. The van der Waals surface area contributed by atoms with Crippen molar-refractivity contribution in [1.29, 1.82) is 0 Å². The summed E-state index contributed by atoms with van der Waals surface area (Å²) in [6.07, 6.45) is 2.11. The average molecular weight is 342 g/mol. The topological polar surface area (TPSA) is 90.8 Å². The van der Waals surface area contributed by atoms with Gasteiger partial charge < -0.3 is 10.4 Å². The Balaban J connectivity index is 2.53. The van der Waals surface area contributed by atoms with Crippen LogP contribution in [0.15, 0.2) is 27.8 Å². The monoisotopic (exact) mass is 341 g/mol. The molecule has 0 radical (unpaired) electrons. The molecular formula is C13H16BrN3O3. The van der Waals surface area contributed by atoms with Gasteiger partial charge in [0.15, 0.2) is 0 Å². The number of aromatic hydroxyl groups is 1. The number of phenolic OH excluding ortho intramolecular Hbond substituents is 1. The zero-order valence-electron chi connectivity index (χ0n) is 11.2. The van der Waals surface area contributed by atoms with E-state index in [-0.39, 0.29) is 11.8 Å². The van der Waals surface area contributed by atoms with Gasteiger partial charge in [-0.25, -0.2) is 5.43 Å². The fraction of sp³-hybridized carbons (Fsp3) is 0.308. The molecule has 6 nitrogen and oxygen atoms in total. The summed E-state index contributed by atoms with van der Waals surface area (Å²) in [5.41, 5.74) is 2.80. The van der Waals surface area contributed by atoms with Crippen molar-refractivity contribution in [3.63, 3.8) is 0 Å². The van der Waals surface area contributed by atoms with E-state index in [1.54, 1.807) is 12.1 Å². The molecule has 0 saturated carbocycles. The standard InChI is InChI=1S/C13H16BrN3O3/c1-3-8(2)16-12(19)13(20)17-15-7-9-4-5-11(18)10(14)6-9/h4-8,18H,3H2,1-2H3,(H,16,19)(H,17,20)/b15-7+/t8-/m1/s1. The minimum atomic E-state index is -0.820. The Morgan fingerprint density at radius 1 is 1.45 bits per heavy atom. The van der Waals surface area contributed by atoms with E-state index in [1.807, 2.05) is 13.8 Å². The number of carbonyl (C=O) groups excluding carboxylic acids is 2. The van der Waals surface area contributed by atoms with Crippen molar-refractivity contribution in [3.8, 4) is 5.75 Å². The molecule has 0 aliphatic heterocycles. The van der Waals surface area contributed by atoms with Crippen LogP contribution in [0.4, 0.5) is 0 Å². The predicted molar refractivity (Wildman–Crippen MR) is 79.4 cm³/mol. The van der Waals surface area contributed by atoms with Crippen molar-refractivity contribution < 1.29 is 14.7 Å². The Hall–Kier alpha value is -1.89. The Morgan fingerprint density at radius 3 is 2.75 bits per heavy atom. The lowest BCUT2D eigenvalue weighted by Gasteiger charge is -2.09. The summed E-state index contributed by atoms with van der Waals surface area (Å²) in [4.78, 5) is 22.8. The number of hydrazone groups is 1. The van der Waals surface area contributed by atoms with Gasteiger partial charge in [-0.15, -0.1) is 0 Å². The molecule has 0 aliphatic carbocycles. The summed E-state index contributed by atoms with van der Waals surface area (Å²) in [6, 6.07) is 4.67. The molecule has 1 atom stereocenters. The van der Waals surface area contributed by atoms with E-state index in [1.165, 1.54) is 12.3 Å². The van der Waals surface area contributed by atoms with E-state index in [0.717, 1.165) is 6.42 Å². The number of hydrogen-bond donors (Lipinski definition) is 3. The van der Waals surface area contributed by atoms with E-state index in [9.17, 15) is 14.7 Å². The number of nitrogens with one attached hydrogen (secondary N) is 2. The van der Waals surface area contributed by atoms with Crippen LogP contribution in [-0.4, -0.2) is 29.2 Å². The minimum Gasteiger partial charge on any atom is -0.507 e. The molecule has 1 rings (SSSR count). The van der Waals surface area contributed by atoms with Crippen LogP contribution in [0.5, 0.6) is 5.75 Å². The van der Waals surface area contributed by atoms with Gasteiger partial charge in [0.05, 0.1) is 10.7 Å². The van der Waals surface area contributed by atoms with Crippen LogP contribution < -0.4 is 10.7 Å². The normalized spacial score (nSPS) is 12.2. The van der Waals surface area contributed by atoms with Crippen molar-refractivity contribution in [2.24, 2.45) is 5.10 Å². The van der Waals surface area contributed by atoms with Crippen LogP contribution in [0.2, 0.25) is 0 Å². The third-order valence-electron chi connectivity index (χ3n) is 2.55. The lowest BCUT2D eigenvalue weighted by molar-refractivity contribution is -0.139. The Labute approximate surface area is 125 Å². The number of benzene rings is 1. The molecule has 20 heavy (non-hydrogen) atoms. The van der Waals surface area contributed by atoms with Gasteiger partial charge in [-0.1, -0.05) is 6.92 Å². The highest BCUT2D eigenvalue weighted by atomic mass is 79.9. The summed E-state index contributed by atoms with van der Waals surface area (Å²) in [5.74, 6) is -1.43. The van der Waals surface area contributed by atoms with Crippen LogP contribution >= 0.6 is 15.9 Å². The lowest BCUT2D eigenvalue weighted by atomic mass is 10.2. The van der Waals surface area contributed by atoms with Gasteiger partial charge in [-0.3, -0.25) is 9.59 Å². The first-order valence-corrected chi connectivity index (χ1v) is 6.85. The number of hydrogen-bond acceptors (Lipinski definition) is 4. The summed E-state index contributed by atoms with van der Waals surface area (Å²) >= 11 is 3.16. The van der Waals surface area contributed by atoms with Gasteiger partial charge >= 0.3 is 11.8 Å². The molecule has 0 aromatic heterocycles. The molecule has 0 bridgehead atoms. The van der Waals surface area contributed by atoms with E-state index in [4.69, 9.17) is 0 Å². The first kappa shape index (κ1) is 16.2. The second kappa shape index (κ2) is 7.64. The predicted octanol–water partition coefficient (Wildman–Crippen LogP) is 1.52. The molecule has 7 heteroatoms. The van der Waals surface area contributed by atoms with Crippen molar-refractivity contribution in [2.45, 2.75) is 26.3 Å². The van der Waals surface area contributed by atoms with Crippen LogP contribution in [0, 0.1) is 0 Å². The zero-order valence-corrected chi connectivity index (χ0v) is 12.8. The van der Waals surface area contributed by atoms with E-state index in [0.29, 0.717) is 10.0 Å². The van der Waals surface area contributed by atoms with E-state index >= 15 is 0 Å². The molecule has 1 aromatic rings. The Bertz CT molecular complexity index is 532. The number of nitrogens with zero attached hydrogens (tertiary/aromatic N) is 1. The highest BCUT2D eigenvalue weighted by molar-refractivity contribution is 9.10. The van der Waals surface area contributed by atoms with Crippen molar-refractivity contribution in [2.75, 3.05) is 0 Å². The number of amides is 2. The third-order valence-corrected chi connectivity index (χ3v) is 3.18. The quantitative estimate of drug-likeness (QED) is 0.440. The molecular weight excluding hydrogens is 326 g/mol. The number of halogens is 1. The van der Waals surface area contributed by atoms with Gasteiger partial charge in [0.1, 0.15) is 5.75 Å². The van der Waals surface area contributed by atoms with Crippen molar-refractivity contribution in [3.05, 3.63) is 28.2 Å². The largest absolute Gasteiger partial charge is 0.507 e. The summed E-state index contributed by atoms with van der Waals surface area (Å²) in [7, 11) is 0. The van der Waals surface area contributed by atoms with Gasteiger partial charge in [0.25, 0.3) is 0 Å². The second-order valence-electron chi connectivity index (χ2n) is 4.19. The van der Waals surface area contributed by atoms with E-state index in [2.05, 4.69) is 31.8 Å². The molecule has 1 aromatic carbocycles. The molecule has 0 fully saturated rings. The minimum absolute atomic E-state index is 0.0646. The Morgan fingerprint density at radius 2 is 2.15 bits per heavy atom. The molecule has 3 N–H and O–H groups in total. The van der Waals surface area contributed by atoms with Crippen LogP contribution in [0.25, 0.3) is 0 Å². The van der Waals surface area contributed by atoms with Crippen LogP contribution in [0.1, 0.15) is 25.8 Å². The SMILES string of the molecule is CC[C@@H](C)NC(=O)C(=O)N/N=C/c1ccc(O)c(Br)c1.